The number of phosphoric acid groups is 1. The van der Waals surface area contributed by atoms with Gasteiger partial charge in [-0.05, 0) is 51.4 Å². The maximum atomic E-state index is 12.5. The molecule has 0 aliphatic heterocycles. The van der Waals surface area contributed by atoms with Gasteiger partial charge in [-0.15, -0.1) is 0 Å². The minimum atomic E-state index is -4.38. The largest absolute Gasteiger partial charge is 0.472 e. The molecule has 51 heavy (non-hydrogen) atoms. The fourth-order valence-corrected chi connectivity index (χ4v) is 5.25. The number of quaternary nitrogens is 1. The summed E-state index contributed by atoms with van der Waals surface area (Å²) in [5.74, 6) is -0.910. The second kappa shape index (κ2) is 33.3. The van der Waals surface area contributed by atoms with E-state index in [4.69, 9.17) is 18.5 Å². The van der Waals surface area contributed by atoms with Gasteiger partial charge in [0.25, 0.3) is 0 Å². The van der Waals surface area contributed by atoms with Gasteiger partial charge in [0.1, 0.15) is 19.8 Å². The monoisotopic (exact) mass is 736 g/mol. The van der Waals surface area contributed by atoms with Crippen LogP contribution in [0.15, 0.2) is 72.9 Å². The van der Waals surface area contributed by atoms with E-state index in [9.17, 15) is 19.0 Å². The van der Waals surface area contributed by atoms with Gasteiger partial charge < -0.3 is 18.9 Å². The van der Waals surface area contributed by atoms with Gasteiger partial charge in [-0.25, -0.2) is 4.57 Å². The molecule has 0 aliphatic rings. The van der Waals surface area contributed by atoms with Crippen molar-refractivity contribution in [2.24, 2.45) is 0 Å². The maximum Gasteiger partial charge on any atom is 0.472 e. The Hall–Kier alpha value is -2.55. The molecule has 0 aromatic rings. The lowest BCUT2D eigenvalue weighted by molar-refractivity contribution is -0.870. The molecule has 1 unspecified atom stereocenters. The molecular formula is C41H71NO8P+. The van der Waals surface area contributed by atoms with Gasteiger partial charge in [-0.3, -0.25) is 18.6 Å². The Kier molecular flexibility index (Phi) is 31.6. The molecule has 10 heteroatoms. The molecule has 0 rings (SSSR count). The lowest BCUT2D eigenvalue weighted by Crippen LogP contribution is -2.37. The van der Waals surface area contributed by atoms with Crippen LogP contribution in [0.5, 0.6) is 0 Å². The zero-order chi connectivity index (χ0) is 37.9. The highest BCUT2D eigenvalue weighted by molar-refractivity contribution is 7.47. The summed E-state index contributed by atoms with van der Waals surface area (Å²) in [6, 6.07) is 0. The van der Waals surface area contributed by atoms with Gasteiger partial charge in [0.2, 0.25) is 0 Å². The van der Waals surface area contributed by atoms with Crippen LogP contribution in [-0.4, -0.2) is 74.9 Å². The van der Waals surface area contributed by atoms with Gasteiger partial charge in [0.05, 0.1) is 27.7 Å². The van der Waals surface area contributed by atoms with E-state index in [1.54, 1.807) is 0 Å². The minimum Gasteiger partial charge on any atom is -0.462 e. The molecule has 0 fully saturated rings. The number of carbonyl (C=O) groups excluding carboxylic acids is 2. The predicted octanol–water partition coefficient (Wildman–Crippen LogP) is 10.3. The van der Waals surface area contributed by atoms with E-state index >= 15 is 0 Å². The number of allylic oxidation sites excluding steroid dienone is 12. The van der Waals surface area contributed by atoms with Crippen molar-refractivity contribution in [3.63, 3.8) is 0 Å². The number of unbranched alkanes of at least 4 members (excludes halogenated alkanes) is 7. The number of hydrogen-bond donors (Lipinski definition) is 1. The van der Waals surface area contributed by atoms with Crippen molar-refractivity contribution in [3.8, 4) is 0 Å². The van der Waals surface area contributed by atoms with Gasteiger partial charge in [-0.2, -0.15) is 0 Å². The number of nitrogens with zero attached hydrogens (tertiary/aromatic N) is 1. The molecule has 2 atom stereocenters. The smallest absolute Gasteiger partial charge is 0.462 e. The predicted molar refractivity (Wildman–Crippen MR) is 210 cm³/mol. The summed E-state index contributed by atoms with van der Waals surface area (Å²) >= 11 is 0. The summed E-state index contributed by atoms with van der Waals surface area (Å²) < 4.78 is 34.0. The van der Waals surface area contributed by atoms with Gasteiger partial charge >= 0.3 is 19.8 Å². The average Bonchev–Trinajstić information content (AvgIpc) is 3.07. The van der Waals surface area contributed by atoms with Crippen molar-refractivity contribution < 1.29 is 42.1 Å². The van der Waals surface area contributed by atoms with E-state index < -0.39 is 32.5 Å². The van der Waals surface area contributed by atoms with Crippen LogP contribution in [0.25, 0.3) is 0 Å². The molecule has 0 amide bonds. The quantitative estimate of drug-likeness (QED) is 0.0233. The molecule has 0 aliphatic carbocycles. The van der Waals surface area contributed by atoms with Crippen molar-refractivity contribution in [3.05, 3.63) is 72.9 Å². The number of phosphoric ester groups is 1. The first-order valence-electron chi connectivity index (χ1n) is 19.2. The van der Waals surface area contributed by atoms with Crippen LogP contribution < -0.4 is 0 Å². The number of hydrogen-bond acceptors (Lipinski definition) is 7. The third kappa shape index (κ3) is 37.0. The van der Waals surface area contributed by atoms with Crippen molar-refractivity contribution in [2.45, 2.75) is 129 Å². The summed E-state index contributed by atoms with van der Waals surface area (Å²) in [5, 5.41) is 0. The minimum absolute atomic E-state index is 0.0176. The molecule has 0 spiro atoms. The molecule has 0 aromatic heterocycles. The van der Waals surface area contributed by atoms with Crippen LogP contribution in [-0.2, 0) is 32.7 Å². The second-order valence-corrected chi connectivity index (χ2v) is 15.0. The Balaban J connectivity index is 4.50. The molecule has 9 nitrogen and oxygen atoms in total. The normalized spacial score (nSPS) is 14.5. The van der Waals surface area contributed by atoms with E-state index in [0.717, 1.165) is 57.8 Å². The van der Waals surface area contributed by atoms with Gasteiger partial charge in [0, 0.05) is 12.8 Å². The van der Waals surface area contributed by atoms with Crippen LogP contribution in [0, 0.1) is 0 Å². The Labute approximate surface area is 310 Å². The maximum absolute atomic E-state index is 12.5. The van der Waals surface area contributed by atoms with E-state index in [0.29, 0.717) is 23.9 Å². The van der Waals surface area contributed by atoms with E-state index in [1.807, 2.05) is 33.3 Å². The highest BCUT2D eigenvalue weighted by atomic mass is 31.2. The Bertz CT molecular complexity index is 1100. The van der Waals surface area contributed by atoms with Crippen LogP contribution in [0.3, 0.4) is 0 Å². The van der Waals surface area contributed by atoms with Gasteiger partial charge in [-0.1, -0.05) is 132 Å². The first-order chi connectivity index (χ1) is 24.5. The first kappa shape index (κ1) is 48.5. The summed E-state index contributed by atoms with van der Waals surface area (Å²) in [4.78, 5) is 35.0. The Morgan fingerprint density at radius 3 is 1.63 bits per heavy atom. The summed E-state index contributed by atoms with van der Waals surface area (Å²) in [7, 11) is 1.42. The van der Waals surface area contributed by atoms with Crippen LogP contribution in [0.4, 0.5) is 0 Å². The van der Waals surface area contributed by atoms with Crippen molar-refractivity contribution in [2.75, 3.05) is 47.5 Å². The SMILES string of the molecule is CC/C=C/C/C=C/C/C=C/C/C=C/C/C=C/C/C=C/CCC(=O)OC[C@@H](COP(=O)(O)OCC[N+](C)(C)C)OC(=O)CCCCCCCCCC. The lowest BCUT2D eigenvalue weighted by atomic mass is 10.1. The molecule has 1 N–H and O–H groups in total. The highest BCUT2D eigenvalue weighted by Gasteiger charge is 2.27. The first-order valence-corrected chi connectivity index (χ1v) is 20.7. The topological polar surface area (TPSA) is 108 Å². The molecule has 292 valence electrons. The van der Waals surface area contributed by atoms with Crippen molar-refractivity contribution in [1.82, 2.24) is 0 Å². The van der Waals surface area contributed by atoms with E-state index in [-0.39, 0.29) is 26.1 Å². The molecule has 0 aromatic carbocycles. The lowest BCUT2D eigenvalue weighted by Gasteiger charge is -2.24. The van der Waals surface area contributed by atoms with E-state index in [1.165, 1.54) is 25.7 Å². The number of likely N-dealkylation sites (N-methyl/N-ethyl adjacent to an activating group) is 1. The fraction of sp³-hybridized carbons (Fsp3) is 0.659. The summed E-state index contributed by atoms with van der Waals surface area (Å²) in [5.41, 5.74) is 0. The Morgan fingerprint density at radius 2 is 1.12 bits per heavy atom. The van der Waals surface area contributed by atoms with Crippen molar-refractivity contribution in [1.29, 1.82) is 0 Å². The molecule has 0 saturated heterocycles. The Morgan fingerprint density at radius 1 is 0.627 bits per heavy atom. The molecule has 0 saturated carbocycles. The van der Waals surface area contributed by atoms with E-state index in [2.05, 4.69) is 74.6 Å². The second-order valence-electron chi connectivity index (χ2n) is 13.6. The zero-order valence-electron chi connectivity index (χ0n) is 32.6. The number of esters is 2. The average molecular weight is 737 g/mol. The van der Waals surface area contributed by atoms with Crippen LogP contribution >= 0.6 is 7.82 Å². The van der Waals surface area contributed by atoms with Crippen LogP contribution in [0.2, 0.25) is 0 Å². The molecule has 0 radical (unpaired) electrons. The molecular weight excluding hydrogens is 665 g/mol. The fourth-order valence-electron chi connectivity index (χ4n) is 4.51. The third-order valence-corrected chi connectivity index (χ3v) is 8.50. The number of rotatable bonds is 33. The van der Waals surface area contributed by atoms with Gasteiger partial charge in [0.15, 0.2) is 6.10 Å². The number of ether oxygens (including phenoxy) is 2. The molecule has 0 bridgehead atoms. The summed E-state index contributed by atoms with van der Waals surface area (Å²) in [6.07, 6.45) is 39.8. The van der Waals surface area contributed by atoms with Crippen molar-refractivity contribution >= 4 is 19.8 Å². The third-order valence-electron chi connectivity index (χ3n) is 7.51. The summed E-state index contributed by atoms with van der Waals surface area (Å²) in [6.45, 7) is 4.15. The van der Waals surface area contributed by atoms with Crippen LogP contribution in [0.1, 0.15) is 123 Å². The zero-order valence-corrected chi connectivity index (χ0v) is 33.4. The number of carbonyl (C=O) groups is 2. The standard InChI is InChI=1S/C41H70NO8P/c1-6-8-10-12-14-16-17-18-19-20-21-22-23-24-25-26-28-29-31-33-40(43)47-37-39(38-49-51(45,46)48-36-35-42(3,4)5)50-41(44)34-32-30-27-15-13-11-9-7-2/h8,10,14,16,18-19,21-22,24-25,28-29,39H,6-7,9,11-13,15,17,20,23,26-27,30-38H2,1-5H3/p+1/b10-8+,16-14+,19-18+,22-21+,25-24+,29-28+/t39-/m0/s1. The molecule has 0 heterocycles. The highest BCUT2D eigenvalue weighted by Crippen LogP contribution is 2.43.